The zero-order valence-electron chi connectivity index (χ0n) is 6.62. The molecule has 0 aliphatic rings. The minimum absolute atomic E-state index is 0.285. The zero-order chi connectivity index (χ0) is 8.85. The highest BCUT2D eigenvalue weighted by Gasteiger charge is 2.14. The molecule has 0 aromatic heterocycles. The Labute approximate surface area is 65.5 Å². The Kier molecular flexibility index (Phi) is 4.29. The van der Waals surface area contributed by atoms with Gasteiger partial charge in [0.2, 0.25) is 0 Å². The van der Waals surface area contributed by atoms with Crippen LogP contribution in [0.2, 0.25) is 0 Å². The molecule has 11 heavy (non-hydrogen) atoms. The summed E-state index contributed by atoms with van der Waals surface area (Å²) in [6, 6.07) is 0. The van der Waals surface area contributed by atoms with E-state index in [-0.39, 0.29) is 6.61 Å². The largest absolute Gasteiger partial charge is 0.451 e. The second-order valence-corrected chi connectivity index (χ2v) is 2.02. The van der Waals surface area contributed by atoms with Gasteiger partial charge < -0.3 is 9.47 Å². The first-order chi connectivity index (χ1) is 5.07. The van der Waals surface area contributed by atoms with Gasteiger partial charge in [0.1, 0.15) is 6.92 Å². The fourth-order valence-corrected chi connectivity index (χ4v) is 0.365. The summed E-state index contributed by atoms with van der Waals surface area (Å²) in [6.07, 6.45) is -0.630. The van der Waals surface area contributed by atoms with Gasteiger partial charge in [-0.25, -0.2) is 9.59 Å². The van der Waals surface area contributed by atoms with Crippen LogP contribution >= 0.6 is 0 Å². The minimum atomic E-state index is -0.630. The third-order valence-electron chi connectivity index (χ3n) is 1.06. The highest BCUT2D eigenvalue weighted by atomic mass is 16.6. The third kappa shape index (κ3) is 4.38. The van der Waals surface area contributed by atoms with E-state index in [4.69, 9.17) is 0 Å². The minimum Gasteiger partial charge on any atom is -0.451 e. The van der Waals surface area contributed by atoms with E-state index in [1.807, 2.05) is 0 Å². The molecule has 0 saturated carbocycles. The second-order valence-electron chi connectivity index (χ2n) is 2.02. The van der Waals surface area contributed by atoms with Gasteiger partial charge in [-0.05, 0) is 6.92 Å². The van der Waals surface area contributed by atoms with E-state index in [1.165, 1.54) is 14.0 Å². The van der Waals surface area contributed by atoms with Crippen molar-refractivity contribution in [2.45, 2.75) is 13.0 Å². The van der Waals surface area contributed by atoms with Gasteiger partial charge in [-0.15, -0.1) is 0 Å². The molecular weight excluding hydrogens is 148 g/mol. The Morgan fingerprint density at radius 3 is 2.45 bits per heavy atom. The van der Waals surface area contributed by atoms with Gasteiger partial charge in [0, 0.05) is 7.11 Å². The molecule has 0 heterocycles. The van der Waals surface area contributed by atoms with Gasteiger partial charge in [0.15, 0.2) is 12.7 Å². The highest BCUT2D eigenvalue weighted by molar-refractivity contribution is 5.86. The smallest absolute Gasteiger partial charge is 0.340 e. The van der Waals surface area contributed by atoms with Crippen LogP contribution in [0.15, 0.2) is 0 Å². The maximum Gasteiger partial charge on any atom is 0.340 e. The van der Waals surface area contributed by atoms with Gasteiger partial charge in [-0.1, -0.05) is 0 Å². The Balaban J connectivity index is 3.60. The van der Waals surface area contributed by atoms with Gasteiger partial charge in [0.05, 0.1) is 0 Å². The van der Waals surface area contributed by atoms with Gasteiger partial charge in [0.25, 0.3) is 0 Å². The van der Waals surface area contributed by atoms with Gasteiger partial charge in [-0.3, -0.25) is 0 Å². The van der Waals surface area contributed by atoms with Crippen LogP contribution in [0.5, 0.6) is 0 Å². The molecule has 1 unspecified atom stereocenters. The van der Waals surface area contributed by atoms with Gasteiger partial charge in [-0.2, -0.15) is 0 Å². The average molecular weight is 159 g/mol. The summed E-state index contributed by atoms with van der Waals surface area (Å²) >= 11 is 0. The molecule has 4 nitrogen and oxygen atoms in total. The molecule has 0 aromatic carbocycles. The van der Waals surface area contributed by atoms with Crippen LogP contribution < -0.4 is 0 Å². The fraction of sp³-hybridized carbons (Fsp3) is 0.571. The molecule has 0 aliphatic carbocycles. The van der Waals surface area contributed by atoms with E-state index in [9.17, 15) is 9.59 Å². The van der Waals surface area contributed by atoms with Crippen LogP contribution in [-0.2, 0) is 19.1 Å². The van der Waals surface area contributed by atoms with Crippen LogP contribution in [0, 0.1) is 6.92 Å². The van der Waals surface area contributed by atoms with Crippen LogP contribution in [-0.4, -0.2) is 31.6 Å². The summed E-state index contributed by atoms with van der Waals surface area (Å²) in [5, 5.41) is 0. The first kappa shape index (κ1) is 9.97. The summed E-state index contributed by atoms with van der Waals surface area (Å²) in [5.41, 5.74) is 0. The van der Waals surface area contributed by atoms with Crippen molar-refractivity contribution < 1.29 is 19.1 Å². The highest BCUT2D eigenvalue weighted by Crippen LogP contribution is 1.91. The van der Waals surface area contributed by atoms with E-state index in [0.29, 0.717) is 0 Å². The molecule has 0 saturated heterocycles. The number of Topliss-reactive ketones (excluding diaryl/α,β-unsaturated/α-hetero) is 1. The maximum atomic E-state index is 10.8. The molecule has 62 valence electrons. The number of hydrogen-bond acceptors (Lipinski definition) is 4. The van der Waals surface area contributed by atoms with Crippen molar-refractivity contribution >= 4 is 11.8 Å². The Bertz CT molecular complexity index is 153. The Morgan fingerprint density at radius 1 is 1.55 bits per heavy atom. The molecule has 0 rings (SSSR count). The van der Waals surface area contributed by atoms with Crippen molar-refractivity contribution in [2.75, 3.05) is 13.7 Å². The van der Waals surface area contributed by atoms with Crippen LogP contribution in [0.1, 0.15) is 6.92 Å². The zero-order valence-corrected chi connectivity index (χ0v) is 6.62. The fourth-order valence-electron chi connectivity index (χ4n) is 0.365. The van der Waals surface area contributed by atoms with E-state index < -0.39 is 17.9 Å². The summed E-state index contributed by atoms with van der Waals surface area (Å²) in [5.74, 6) is -0.980. The molecule has 4 heteroatoms. The molecule has 0 spiro atoms. The molecule has 0 bridgehead atoms. The summed E-state index contributed by atoms with van der Waals surface area (Å²) < 4.78 is 9.12. The average Bonchev–Trinajstić information content (AvgIpc) is 1.98. The van der Waals surface area contributed by atoms with Crippen LogP contribution in [0.3, 0.4) is 0 Å². The van der Waals surface area contributed by atoms with E-state index >= 15 is 0 Å². The normalized spacial score (nSPS) is 12.2. The number of ketones is 1. The molecule has 1 atom stereocenters. The van der Waals surface area contributed by atoms with E-state index in [2.05, 4.69) is 16.4 Å². The molecule has 0 N–H and O–H groups in total. The number of methoxy groups -OCH3 is 1. The summed E-state index contributed by atoms with van der Waals surface area (Å²) in [7, 11) is 1.39. The van der Waals surface area contributed by atoms with Crippen molar-refractivity contribution in [3.8, 4) is 0 Å². The van der Waals surface area contributed by atoms with Crippen LogP contribution in [0.25, 0.3) is 0 Å². The number of hydrogen-bond donors (Lipinski definition) is 0. The monoisotopic (exact) mass is 159 g/mol. The number of ether oxygens (including phenoxy) is 2. The number of rotatable bonds is 4. The molecule has 0 radical (unpaired) electrons. The quantitative estimate of drug-likeness (QED) is 0.427. The predicted molar refractivity (Wildman–Crippen MR) is 37.8 cm³/mol. The lowest BCUT2D eigenvalue weighted by molar-refractivity contribution is -0.156. The SMILES string of the molecule is [CH2+]C(=O)COC(=O)C(C)OC. The predicted octanol–water partition coefficient (Wildman–Crippen LogP) is -0.0323. The van der Waals surface area contributed by atoms with Crippen molar-refractivity contribution in [3.63, 3.8) is 0 Å². The Hall–Kier alpha value is -1.03. The maximum absolute atomic E-state index is 10.8. The molecular formula is C7H11O4+. The van der Waals surface area contributed by atoms with Crippen molar-refractivity contribution in [1.29, 1.82) is 0 Å². The van der Waals surface area contributed by atoms with Crippen molar-refractivity contribution in [1.82, 2.24) is 0 Å². The van der Waals surface area contributed by atoms with Crippen molar-refractivity contribution in [3.05, 3.63) is 6.92 Å². The summed E-state index contributed by atoms with van der Waals surface area (Å²) in [4.78, 5) is 21.0. The molecule has 0 fully saturated rings. The Morgan fingerprint density at radius 2 is 2.09 bits per heavy atom. The lowest BCUT2D eigenvalue weighted by Gasteiger charge is -2.06. The summed E-state index contributed by atoms with van der Waals surface area (Å²) in [6.45, 7) is 4.29. The molecule has 0 aliphatic heterocycles. The topological polar surface area (TPSA) is 52.6 Å². The van der Waals surface area contributed by atoms with Gasteiger partial charge >= 0.3 is 11.8 Å². The van der Waals surface area contributed by atoms with Crippen molar-refractivity contribution in [2.24, 2.45) is 0 Å². The number of carbonyl (C=O) groups is 2. The lowest BCUT2D eigenvalue weighted by atomic mass is 10.4. The van der Waals surface area contributed by atoms with Crippen LogP contribution in [0.4, 0.5) is 0 Å². The second kappa shape index (κ2) is 4.73. The lowest BCUT2D eigenvalue weighted by Crippen LogP contribution is -2.23. The first-order valence-electron chi connectivity index (χ1n) is 3.12. The van der Waals surface area contributed by atoms with E-state index in [0.717, 1.165) is 0 Å². The molecule has 0 aromatic rings. The third-order valence-corrected chi connectivity index (χ3v) is 1.06. The standard InChI is InChI=1S/C7H11O4/c1-5(8)4-11-7(9)6(2)10-3/h6H,1,4H2,2-3H3/q+1. The molecule has 0 amide bonds. The number of esters is 1. The van der Waals surface area contributed by atoms with E-state index in [1.54, 1.807) is 0 Å². The first-order valence-corrected chi connectivity index (χ1v) is 3.12. The number of carbonyl (C=O) groups excluding carboxylic acids is 2.